The lowest BCUT2D eigenvalue weighted by molar-refractivity contribution is -0.118. The Labute approximate surface area is 137 Å². The van der Waals surface area contributed by atoms with Gasteiger partial charge in [-0.05, 0) is 43.0 Å². The second kappa shape index (κ2) is 6.51. The molecule has 2 aromatic rings. The molecule has 22 heavy (non-hydrogen) atoms. The number of nitrogens with two attached hydrogens (primary N) is 1. The van der Waals surface area contributed by atoms with Crippen LogP contribution in [0.1, 0.15) is 36.9 Å². The summed E-state index contributed by atoms with van der Waals surface area (Å²) in [7, 11) is 0. The van der Waals surface area contributed by atoms with Crippen LogP contribution in [0.2, 0.25) is 0 Å². The summed E-state index contributed by atoms with van der Waals surface area (Å²) in [5.74, 6) is 0.0854. The zero-order valence-corrected chi connectivity index (χ0v) is 13.4. The van der Waals surface area contributed by atoms with Gasteiger partial charge in [0.25, 0.3) is 0 Å². The fraction of sp³-hybridized carbons (Fsp3) is 0.278. The van der Waals surface area contributed by atoms with Crippen LogP contribution in [0.5, 0.6) is 0 Å². The Morgan fingerprint density at radius 3 is 2.18 bits per heavy atom. The number of benzene rings is 2. The molecule has 1 atom stereocenters. The van der Waals surface area contributed by atoms with Gasteiger partial charge in [-0.2, -0.15) is 0 Å². The number of nitrogens with one attached hydrogen (secondary N) is 1. The topological polar surface area (TPSA) is 55.1 Å². The molecule has 0 saturated heterocycles. The Balaban J connectivity index is 0.00000176. The summed E-state index contributed by atoms with van der Waals surface area (Å²) in [6.45, 7) is 1.95. The van der Waals surface area contributed by atoms with Gasteiger partial charge in [-0.1, -0.05) is 42.5 Å². The normalized spacial score (nSPS) is 16.3. The summed E-state index contributed by atoms with van der Waals surface area (Å²) < 4.78 is 0. The first-order valence-electron chi connectivity index (χ1n) is 7.34. The van der Waals surface area contributed by atoms with E-state index in [2.05, 4.69) is 5.32 Å². The second-order valence-corrected chi connectivity index (χ2v) is 5.81. The lowest BCUT2D eigenvalue weighted by Crippen LogP contribution is -2.27. The van der Waals surface area contributed by atoms with Crippen LogP contribution >= 0.6 is 12.4 Å². The summed E-state index contributed by atoms with van der Waals surface area (Å²) in [5.41, 5.74) is 8.50. The number of anilines is 1. The molecule has 0 radical (unpaired) electrons. The average Bonchev–Trinajstić information content (AvgIpc) is 3.30. The summed E-state index contributed by atoms with van der Waals surface area (Å²) >= 11 is 0. The smallest absolute Gasteiger partial charge is 0.235 e. The van der Waals surface area contributed by atoms with E-state index in [-0.39, 0.29) is 29.8 Å². The summed E-state index contributed by atoms with van der Waals surface area (Å²) in [6.07, 6.45) is 1.83. The lowest BCUT2D eigenvalue weighted by atomic mass is 9.95. The molecule has 3 N–H and O–H groups in total. The fourth-order valence-corrected chi connectivity index (χ4v) is 2.65. The maximum atomic E-state index is 12.6. The molecule has 0 aliphatic heterocycles. The van der Waals surface area contributed by atoms with Crippen LogP contribution < -0.4 is 11.1 Å². The van der Waals surface area contributed by atoms with Crippen LogP contribution in [0.3, 0.4) is 0 Å². The molecule has 3 rings (SSSR count). The van der Waals surface area contributed by atoms with E-state index in [1.165, 1.54) is 0 Å². The van der Waals surface area contributed by atoms with E-state index in [1.807, 2.05) is 61.5 Å². The molecule has 1 aliphatic carbocycles. The third-order valence-corrected chi connectivity index (χ3v) is 4.21. The van der Waals surface area contributed by atoms with Crippen molar-refractivity contribution >= 4 is 24.0 Å². The molecule has 1 saturated carbocycles. The number of carbonyl (C=O) groups excluding carboxylic acids is 1. The minimum atomic E-state index is -0.332. The minimum absolute atomic E-state index is 0. The van der Waals surface area contributed by atoms with E-state index >= 15 is 0 Å². The first-order valence-corrected chi connectivity index (χ1v) is 7.34. The Morgan fingerprint density at radius 2 is 1.68 bits per heavy atom. The third kappa shape index (κ3) is 3.16. The Bertz CT molecular complexity index is 634. The van der Waals surface area contributed by atoms with Crippen molar-refractivity contribution in [1.29, 1.82) is 0 Å². The Morgan fingerprint density at radius 1 is 1.09 bits per heavy atom. The number of hydrogen-bond donors (Lipinski definition) is 2. The highest BCUT2D eigenvalue weighted by atomic mass is 35.5. The molecule has 4 heteroatoms. The molecule has 2 aromatic carbocycles. The first kappa shape index (κ1) is 16.5. The van der Waals surface area contributed by atoms with Crippen molar-refractivity contribution < 1.29 is 4.79 Å². The molecule has 1 amide bonds. The van der Waals surface area contributed by atoms with E-state index in [4.69, 9.17) is 5.73 Å². The van der Waals surface area contributed by atoms with Gasteiger partial charge in [0.1, 0.15) is 0 Å². The minimum Gasteiger partial charge on any atom is -0.325 e. The number of rotatable bonds is 4. The van der Waals surface area contributed by atoms with Gasteiger partial charge in [0.05, 0.1) is 5.41 Å². The molecule has 1 aliphatic rings. The largest absolute Gasteiger partial charge is 0.325 e. The molecular formula is C18H21ClN2O. The zero-order chi connectivity index (χ0) is 14.9. The predicted octanol–water partition coefficient (Wildman–Crippen LogP) is 3.80. The van der Waals surface area contributed by atoms with Gasteiger partial charge in [-0.25, -0.2) is 0 Å². The molecule has 0 heterocycles. The van der Waals surface area contributed by atoms with Crippen molar-refractivity contribution in [3.05, 3.63) is 65.7 Å². The van der Waals surface area contributed by atoms with Gasteiger partial charge in [0, 0.05) is 11.7 Å². The molecule has 1 unspecified atom stereocenters. The highest BCUT2D eigenvalue weighted by Crippen LogP contribution is 2.48. The zero-order valence-electron chi connectivity index (χ0n) is 12.6. The highest BCUT2D eigenvalue weighted by Gasteiger charge is 2.51. The van der Waals surface area contributed by atoms with E-state index in [1.54, 1.807) is 0 Å². The maximum absolute atomic E-state index is 12.6. The van der Waals surface area contributed by atoms with Gasteiger partial charge in [0.2, 0.25) is 5.91 Å². The van der Waals surface area contributed by atoms with Crippen molar-refractivity contribution in [2.45, 2.75) is 31.2 Å². The maximum Gasteiger partial charge on any atom is 0.235 e. The van der Waals surface area contributed by atoms with Gasteiger partial charge >= 0.3 is 0 Å². The van der Waals surface area contributed by atoms with Crippen LogP contribution in [0.15, 0.2) is 54.6 Å². The van der Waals surface area contributed by atoms with Crippen molar-refractivity contribution in [3.8, 4) is 0 Å². The summed E-state index contributed by atoms with van der Waals surface area (Å²) in [4.78, 5) is 12.6. The SMILES string of the molecule is CC(N)c1ccc(NC(=O)C2(c3ccccc3)CC2)cc1.Cl. The average molecular weight is 317 g/mol. The quantitative estimate of drug-likeness (QED) is 0.901. The molecule has 0 bridgehead atoms. The third-order valence-electron chi connectivity index (χ3n) is 4.21. The Hall–Kier alpha value is -1.84. The van der Waals surface area contributed by atoms with Crippen molar-refractivity contribution in [2.75, 3.05) is 5.32 Å². The fourth-order valence-electron chi connectivity index (χ4n) is 2.65. The standard InChI is InChI=1S/C18H20N2O.ClH/c1-13(19)14-7-9-16(10-8-14)20-17(21)18(11-12-18)15-5-3-2-4-6-15;/h2-10,13H,11-12,19H2,1H3,(H,20,21);1H. The summed E-state index contributed by atoms with van der Waals surface area (Å²) in [5, 5.41) is 3.03. The molecule has 116 valence electrons. The lowest BCUT2D eigenvalue weighted by Gasteiger charge is -2.16. The molecule has 0 spiro atoms. The van der Waals surface area contributed by atoms with Crippen LogP contribution in [0.25, 0.3) is 0 Å². The number of halogens is 1. The number of hydrogen-bond acceptors (Lipinski definition) is 2. The van der Waals surface area contributed by atoms with Gasteiger partial charge in [-0.3, -0.25) is 4.79 Å². The van der Waals surface area contributed by atoms with Crippen LogP contribution in [-0.4, -0.2) is 5.91 Å². The van der Waals surface area contributed by atoms with Crippen LogP contribution in [-0.2, 0) is 10.2 Å². The van der Waals surface area contributed by atoms with Crippen LogP contribution in [0.4, 0.5) is 5.69 Å². The van der Waals surface area contributed by atoms with E-state index in [0.29, 0.717) is 0 Å². The van der Waals surface area contributed by atoms with Gasteiger partial charge < -0.3 is 11.1 Å². The second-order valence-electron chi connectivity index (χ2n) is 5.81. The molecular weight excluding hydrogens is 296 g/mol. The number of carbonyl (C=O) groups is 1. The van der Waals surface area contributed by atoms with Crippen molar-refractivity contribution in [2.24, 2.45) is 5.73 Å². The van der Waals surface area contributed by atoms with Crippen LogP contribution in [0, 0.1) is 0 Å². The van der Waals surface area contributed by atoms with E-state index < -0.39 is 0 Å². The van der Waals surface area contributed by atoms with Crippen molar-refractivity contribution in [1.82, 2.24) is 0 Å². The van der Waals surface area contributed by atoms with Gasteiger partial charge in [-0.15, -0.1) is 12.4 Å². The first-order chi connectivity index (χ1) is 10.1. The molecule has 0 aromatic heterocycles. The number of amides is 1. The molecule has 3 nitrogen and oxygen atoms in total. The van der Waals surface area contributed by atoms with E-state index in [0.717, 1.165) is 29.7 Å². The van der Waals surface area contributed by atoms with Crippen molar-refractivity contribution in [3.63, 3.8) is 0 Å². The van der Waals surface area contributed by atoms with E-state index in [9.17, 15) is 4.79 Å². The summed E-state index contributed by atoms with van der Waals surface area (Å²) in [6, 6.07) is 17.8. The monoisotopic (exact) mass is 316 g/mol. The van der Waals surface area contributed by atoms with Gasteiger partial charge in [0.15, 0.2) is 0 Å². The Kier molecular flexibility index (Phi) is 4.89. The highest BCUT2D eigenvalue weighted by molar-refractivity contribution is 6.01. The molecule has 1 fully saturated rings. The predicted molar refractivity (Wildman–Crippen MR) is 92.3 cm³/mol.